The van der Waals surface area contributed by atoms with E-state index in [4.69, 9.17) is 9.47 Å². The predicted octanol–water partition coefficient (Wildman–Crippen LogP) is 4.04. The highest BCUT2D eigenvalue weighted by molar-refractivity contribution is 6.10. The number of amides is 2. The maximum Gasteiger partial charge on any atom is 0.326 e. The average molecular weight is 496 g/mol. The lowest BCUT2D eigenvalue weighted by Crippen LogP contribution is -2.34. The molecule has 186 valence electrons. The Balaban J connectivity index is 1.28. The van der Waals surface area contributed by atoms with Crippen LogP contribution in [-0.2, 0) is 14.3 Å². The molecule has 2 heterocycles. The van der Waals surface area contributed by atoms with Crippen LogP contribution in [0.2, 0.25) is 0 Å². The van der Waals surface area contributed by atoms with E-state index >= 15 is 0 Å². The van der Waals surface area contributed by atoms with E-state index in [1.165, 1.54) is 9.91 Å². The van der Waals surface area contributed by atoms with Gasteiger partial charge in [0.05, 0.1) is 18.9 Å². The van der Waals surface area contributed by atoms with Crippen molar-refractivity contribution in [3.8, 4) is 5.75 Å². The van der Waals surface area contributed by atoms with Gasteiger partial charge in [0.1, 0.15) is 12.3 Å². The van der Waals surface area contributed by atoms with Crippen molar-refractivity contribution in [3.63, 3.8) is 0 Å². The molecule has 0 radical (unpaired) electrons. The van der Waals surface area contributed by atoms with E-state index in [1.54, 1.807) is 31.4 Å². The second kappa shape index (κ2) is 10.1. The van der Waals surface area contributed by atoms with Crippen LogP contribution in [-0.4, -0.2) is 53.7 Å². The van der Waals surface area contributed by atoms with Gasteiger partial charge in [-0.2, -0.15) is 5.10 Å². The number of benzene rings is 3. The number of nitrogens with zero attached hydrogens (tertiary/aromatic N) is 3. The van der Waals surface area contributed by atoms with E-state index < -0.39 is 18.5 Å². The maximum atomic E-state index is 13.2. The van der Waals surface area contributed by atoms with Gasteiger partial charge in [-0.25, -0.2) is 5.01 Å². The molecule has 1 unspecified atom stereocenters. The number of rotatable bonds is 7. The average Bonchev–Trinajstić information content (AvgIpc) is 3.49. The summed E-state index contributed by atoms with van der Waals surface area (Å²) in [5.74, 6) is -0.781. The lowest BCUT2D eigenvalue weighted by atomic mass is 9.98. The van der Waals surface area contributed by atoms with Gasteiger partial charge in [-0.1, -0.05) is 67.2 Å². The summed E-state index contributed by atoms with van der Waals surface area (Å²) in [7, 11) is 1.59. The monoisotopic (exact) mass is 495 g/mol. The fraction of sp³-hybridized carbons (Fsp3) is 0.172. The van der Waals surface area contributed by atoms with E-state index in [-0.39, 0.29) is 18.5 Å². The van der Waals surface area contributed by atoms with Gasteiger partial charge >= 0.3 is 5.97 Å². The fourth-order valence-electron chi connectivity index (χ4n) is 4.52. The second-order valence-corrected chi connectivity index (χ2v) is 8.69. The number of hydrogen-bond acceptors (Lipinski definition) is 6. The van der Waals surface area contributed by atoms with Gasteiger partial charge in [0, 0.05) is 23.2 Å². The first-order chi connectivity index (χ1) is 18.0. The zero-order valence-electron chi connectivity index (χ0n) is 20.3. The Kier molecular flexibility index (Phi) is 6.55. The first-order valence-electron chi connectivity index (χ1n) is 11.8. The third-order valence-electron chi connectivity index (χ3n) is 6.46. The van der Waals surface area contributed by atoms with Crippen LogP contribution in [0.5, 0.6) is 5.75 Å². The SMILES string of the molecule is C=C1c2ccccc2C(=O)N1CC(=O)OCC(=O)N1N=C(c2ccccc2)CC1c1ccc(OC)cc1. The molecule has 2 aliphatic heterocycles. The molecule has 0 bridgehead atoms. The van der Waals surface area contributed by atoms with Gasteiger partial charge in [0.15, 0.2) is 6.61 Å². The molecule has 37 heavy (non-hydrogen) atoms. The number of carbonyl (C=O) groups is 3. The van der Waals surface area contributed by atoms with Gasteiger partial charge in [-0.05, 0) is 29.3 Å². The minimum Gasteiger partial charge on any atom is -0.497 e. The van der Waals surface area contributed by atoms with Crippen molar-refractivity contribution in [2.45, 2.75) is 12.5 Å². The largest absolute Gasteiger partial charge is 0.497 e. The van der Waals surface area contributed by atoms with Crippen LogP contribution in [0.3, 0.4) is 0 Å². The predicted molar refractivity (Wildman–Crippen MR) is 138 cm³/mol. The molecule has 5 rings (SSSR count). The van der Waals surface area contributed by atoms with Gasteiger partial charge in [-0.15, -0.1) is 0 Å². The van der Waals surface area contributed by atoms with Crippen molar-refractivity contribution >= 4 is 29.2 Å². The van der Waals surface area contributed by atoms with Crippen molar-refractivity contribution in [1.29, 1.82) is 0 Å². The Morgan fingerprint density at radius 1 is 0.973 bits per heavy atom. The highest BCUT2D eigenvalue weighted by Crippen LogP contribution is 2.34. The van der Waals surface area contributed by atoms with Gasteiger partial charge in [0.2, 0.25) is 0 Å². The molecule has 0 spiro atoms. The number of hydrazone groups is 1. The van der Waals surface area contributed by atoms with Crippen LogP contribution in [0, 0.1) is 0 Å². The number of methoxy groups -OCH3 is 1. The fourth-order valence-corrected chi connectivity index (χ4v) is 4.52. The first kappa shape index (κ1) is 24.0. The van der Waals surface area contributed by atoms with Crippen LogP contribution >= 0.6 is 0 Å². The number of esters is 1. The first-order valence-corrected chi connectivity index (χ1v) is 11.8. The summed E-state index contributed by atoms with van der Waals surface area (Å²) in [5.41, 5.74) is 4.15. The molecule has 1 atom stereocenters. The quantitative estimate of drug-likeness (QED) is 0.462. The molecule has 0 fully saturated rings. The van der Waals surface area contributed by atoms with Crippen molar-refractivity contribution in [2.24, 2.45) is 5.10 Å². The number of fused-ring (bicyclic) bond motifs is 1. The molecule has 0 saturated carbocycles. The number of carbonyl (C=O) groups excluding carboxylic acids is 3. The van der Waals surface area contributed by atoms with Crippen LogP contribution in [0.4, 0.5) is 0 Å². The molecule has 0 aromatic heterocycles. The summed E-state index contributed by atoms with van der Waals surface area (Å²) in [6.07, 6.45) is 0.510. The summed E-state index contributed by atoms with van der Waals surface area (Å²) < 4.78 is 10.5. The standard InChI is InChI=1S/C29H25N3O5/c1-19-23-10-6-7-11-24(23)29(35)31(19)17-28(34)37-18-27(33)32-26(21-12-14-22(36-2)15-13-21)16-25(30-32)20-8-4-3-5-9-20/h3-15,26H,1,16-18H2,2H3. The van der Waals surface area contributed by atoms with Crippen LogP contribution < -0.4 is 4.74 Å². The van der Waals surface area contributed by atoms with Gasteiger partial charge in [-0.3, -0.25) is 19.3 Å². The zero-order valence-corrected chi connectivity index (χ0v) is 20.3. The van der Waals surface area contributed by atoms with Gasteiger partial charge in [0.25, 0.3) is 11.8 Å². The van der Waals surface area contributed by atoms with Crippen LogP contribution in [0.25, 0.3) is 5.70 Å². The Hall–Kier alpha value is -4.72. The Morgan fingerprint density at radius 3 is 2.32 bits per heavy atom. The summed E-state index contributed by atoms with van der Waals surface area (Å²) in [4.78, 5) is 39.7. The molecule has 0 aliphatic carbocycles. The Bertz CT molecular complexity index is 1360. The second-order valence-electron chi connectivity index (χ2n) is 8.69. The minimum absolute atomic E-state index is 0.319. The summed E-state index contributed by atoms with van der Waals surface area (Å²) in [6.45, 7) is 3.09. The molecular formula is C29H25N3O5. The lowest BCUT2D eigenvalue weighted by molar-refractivity contribution is -0.152. The Morgan fingerprint density at radius 2 is 1.65 bits per heavy atom. The van der Waals surface area contributed by atoms with Crippen molar-refractivity contribution in [1.82, 2.24) is 9.91 Å². The van der Waals surface area contributed by atoms with Crippen molar-refractivity contribution in [3.05, 3.63) is 108 Å². The molecule has 8 heteroatoms. The molecule has 0 saturated heterocycles. The van der Waals surface area contributed by atoms with Gasteiger partial charge < -0.3 is 9.47 Å². The summed E-state index contributed by atoms with van der Waals surface area (Å²) in [5, 5.41) is 5.96. The topological polar surface area (TPSA) is 88.5 Å². The zero-order chi connectivity index (χ0) is 25.9. The summed E-state index contributed by atoms with van der Waals surface area (Å²) in [6, 6.07) is 23.7. The molecule has 2 amide bonds. The van der Waals surface area contributed by atoms with E-state index in [0.717, 1.165) is 16.8 Å². The number of ether oxygens (including phenoxy) is 2. The smallest absolute Gasteiger partial charge is 0.326 e. The van der Waals surface area contributed by atoms with Crippen molar-refractivity contribution < 1.29 is 23.9 Å². The minimum atomic E-state index is -0.705. The molecule has 2 aliphatic rings. The molecule has 3 aromatic rings. The molecule has 3 aromatic carbocycles. The maximum absolute atomic E-state index is 13.2. The van der Waals surface area contributed by atoms with Crippen molar-refractivity contribution in [2.75, 3.05) is 20.3 Å². The van der Waals surface area contributed by atoms with E-state index in [1.807, 2.05) is 54.6 Å². The lowest BCUT2D eigenvalue weighted by Gasteiger charge is -2.22. The van der Waals surface area contributed by atoms with E-state index in [0.29, 0.717) is 29.0 Å². The third-order valence-corrected chi connectivity index (χ3v) is 6.46. The van der Waals surface area contributed by atoms with E-state index in [2.05, 4.69) is 11.7 Å². The highest BCUT2D eigenvalue weighted by Gasteiger charge is 2.35. The summed E-state index contributed by atoms with van der Waals surface area (Å²) >= 11 is 0. The van der Waals surface area contributed by atoms with E-state index in [9.17, 15) is 14.4 Å². The van der Waals surface area contributed by atoms with Crippen LogP contribution in [0.15, 0.2) is 90.5 Å². The molecule has 8 nitrogen and oxygen atoms in total. The number of hydrogen-bond donors (Lipinski definition) is 0. The molecular weight excluding hydrogens is 470 g/mol. The van der Waals surface area contributed by atoms with Crippen LogP contribution in [0.1, 0.15) is 39.5 Å². The Labute approximate surface area is 214 Å². The normalized spacial score (nSPS) is 16.5. The third kappa shape index (κ3) is 4.73. The highest BCUT2D eigenvalue weighted by atomic mass is 16.5. The molecule has 0 N–H and O–H groups in total.